The molecule has 0 spiro atoms. The van der Waals surface area contributed by atoms with E-state index in [0.29, 0.717) is 23.0 Å². The minimum absolute atomic E-state index is 0.0109. The van der Waals surface area contributed by atoms with Gasteiger partial charge < -0.3 is 9.73 Å². The number of imide groups is 1. The number of benzene rings is 2. The van der Waals surface area contributed by atoms with E-state index < -0.39 is 17.7 Å². The highest BCUT2D eigenvalue weighted by atomic mass is 19.1. The van der Waals surface area contributed by atoms with E-state index in [4.69, 9.17) is 4.42 Å². The zero-order chi connectivity index (χ0) is 23.1. The van der Waals surface area contributed by atoms with Crippen molar-refractivity contribution in [2.24, 2.45) is 0 Å². The van der Waals surface area contributed by atoms with E-state index in [1.165, 1.54) is 41.3 Å². The molecule has 0 unspecified atom stereocenters. The molecule has 3 amide bonds. The van der Waals surface area contributed by atoms with Gasteiger partial charge in [-0.05, 0) is 61.5 Å². The monoisotopic (exact) mass is 444 g/mol. The van der Waals surface area contributed by atoms with Crippen LogP contribution in [0.4, 0.5) is 10.2 Å². The summed E-state index contributed by atoms with van der Waals surface area (Å²) in [5.74, 6) is -0.938. The Hall–Kier alpha value is -4.53. The summed E-state index contributed by atoms with van der Waals surface area (Å²) in [6.45, 7) is 1.78. The van der Waals surface area contributed by atoms with Gasteiger partial charge in [-0.2, -0.15) is 5.10 Å². The standard InChI is InChI=1S/C24H17FN4O4/c1-14-11-21(29(27-14)17-7-5-16(25)6-8-17)26-22(30)15-4-9-19-20(12-15)24(32)28(23(19)31)13-18-3-2-10-33-18/h2-12H,13H2,1H3,(H,26,30). The number of aryl methyl sites for hydroxylation is 1. The molecule has 1 aliphatic rings. The van der Waals surface area contributed by atoms with E-state index in [-0.39, 0.29) is 29.1 Å². The van der Waals surface area contributed by atoms with Crippen LogP contribution in [0.5, 0.6) is 0 Å². The Morgan fingerprint density at radius 1 is 1.03 bits per heavy atom. The van der Waals surface area contributed by atoms with Crippen molar-refractivity contribution in [3.8, 4) is 5.69 Å². The van der Waals surface area contributed by atoms with Crippen LogP contribution >= 0.6 is 0 Å². The van der Waals surface area contributed by atoms with Crippen LogP contribution in [0.3, 0.4) is 0 Å². The van der Waals surface area contributed by atoms with Crippen LogP contribution in [0.1, 0.15) is 42.5 Å². The lowest BCUT2D eigenvalue weighted by atomic mass is 10.1. The molecule has 0 saturated carbocycles. The summed E-state index contributed by atoms with van der Waals surface area (Å²) in [6.07, 6.45) is 1.47. The topological polar surface area (TPSA) is 97.4 Å². The second-order valence-electron chi connectivity index (χ2n) is 7.55. The fraction of sp³-hybridized carbons (Fsp3) is 0.0833. The first-order valence-corrected chi connectivity index (χ1v) is 10.1. The van der Waals surface area contributed by atoms with Gasteiger partial charge in [0.1, 0.15) is 17.4 Å². The first-order valence-electron chi connectivity index (χ1n) is 10.1. The maximum absolute atomic E-state index is 13.3. The van der Waals surface area contributed by atoms with E-state index in [9.17, 15) is 18.8 Å². The summed E-state index contributed by atoms with van der Waals surface area (Å²) >= 11 is 0. The Morgan fingerprint density at radius 3 is 2.52 bits per heavy atom. The van der Waals surface area contributed by atoms with E-state index in [2.05, 4.69) is 10.4 Å². The van der Waals surface area contributed by atoms with E-state index in [1.54, 1.807) is 37.3 Å². The highest BCUT2D eigenvalue weighted by Gasteiger charge is 2.36. The molecule has 0 aliphatic carbocycles. The number of anilines is 1. The molecule has 8 nitrogen and oxygen atoms in total. The molecule has 0 fully saturated rings. The number of hydrogen-bond donors (Lipinski definition) is 1. The van der Waals surface area contributed by atoms with Crippen LogP contribution in [0.25, 0.3) is 5.69 Å². The van der Waals surface area contributed by atoms with Crippen LogP contribution in [-0.4, -0.2) is 32.4 Å². The second kappa shape index (κ2) is 7.86. The Kier molecular flexibility index (Phi) is 4.86. The van der Waals surface area contributed by atoms with Crippen molar-refractivity contribution in [1.82, 2.24) is 14.7 Å². The first kappa shape index (κ1) is 20.4. The summed E-state index contributed by atoms with van der Waals surface area (Å²) < 4.78 is 20.0. The molecule has 9 heteroatoms. The minimum Gasteiger partial charge on any atom is -0.467 e. The van der Waals surface area contributed by atoms with Crippen molar-refractivity contribution in [1.29, 1.82) is 0 Å². The lowest BCUT2D eigenvalue weighted by Gasteiger charge is -2.11. The van der Waals surface area contributed by atoms with Gasteiger partial charge in [0, 0.05) is 11.6 Å². The first-order chi connectivity index (χ1) is 15.9. The summed E-state index contributed by atoms with van der Waals surface area (Å²) in [7, 11) is 0. The molecule has 3 heterocycles. The van der Waals surface area contributed by atoms with Gasteiger partial charge in [-0.1, -0.05) is 0 Å². The molecular formula is C24H17FN4O4. The number of carbonyl (C=O) groups is 3. The van der Waals surface area contributed by atoms with E-state index >= 15 is 0 Å². The van der Waals surface area contributed by atoms with Crippen molar-refractivity contribution >= 4 is 23.5 Å². The van der Waals surface area contributed by atoms with Crippen LogP contribution in [0, 0.1) is 12.7 Å². The van der Waals surface area contributed by atoms with Crippen molar-refractivity contribution in [3.05, 3.63) is 101 Å². The summed E-state index contributed by atoms with van der Waals surface area (Å²) in [6, 6.07) is 15.1. The SMILES string of the molecule is Cc1cc(NC(=O)c2ccc3c(c2)C(=O)N(Cc2ccco2)C3=O)n(-c2ccc(F)cc2)n1. The fourth-order valence-electron chi connectivity index (χ4n) is 3.69. The molecule has 1 aliphatic heterocycles. The van der Waals surface area contributed by atoms with Gasteiger partial charge in [0.2, 0.25) is 0 Å². The highest BCUT2D eigenvalue weighted by Crippen LogP contribution is 2.26. The maximum atomic E-state index is 13.3. The lowest BCUT2D eigenvalue weighted by molar-refractivity contribution is 0.0631. The molecule has 164 valence electrons. The fourth-order valence-corrected chi connectivity index (χ4v) is 3.69. The smallest absolute Gasteiger partial charge is 0.261 e. The maximum Gasteiger partial charge on any atom is 0.261 e. The molecule has 0 atom stereocenters. The zero-order valence-electron chi connectivity index (χ0n) is 17.4. The molecule has 4 aromatic rings. The summed E-state index contributed by atoms with van der Waals surface area (Å²) in [5.41, 5.74) is 1.82. The number of rotatable bonds is 5. The molecule has 2 aromatic carbocycles. The van der Waals surface area contributed by atoms with Crippen LogP contribution in [0.2, 0.25) is 0 Å². The number of fused-ring (bicyclic) bond motifs is 1. The van der Waals surface area contributed by atoms with Gasteiger partial charge in [-0.3, -0.25) is 19.3 Å². The molecule has 0 radical (unpaired) electrons. The molecule has 5 rings (SSSR count). The van der Waals surface area contributed by atoms with Crippen molar-refractivity contribution in [2.45, 2.75) is 13.5 Å². The van der Waals surface area contributed by atoms with Crippen molar-refractivity contribution in [3.63, 3.8) is 0 Å². The predicted molar refractivity (Wildman–Crippen MR) is 116 cm³/mol. The van der Waals surface area contributed by atoms with Gasteiger partial charge in [0.05, 0.1) is 35.3 Å². The number of nitrogens with one attached hydrogen (secondary N) is 1. The average Bonchev–Trinajstić information content (AvgIpc) is 3.50. The van der Waals surface area contributed by atoms with Gasteiger partial charge in [0.15, 0.2) is 0 Å². The number of furan rings is 1. The van der Waals surface area contributed by atoms with E-state index in [0.717, 1.165) is 4.90 Å². The Labute approximate surface area is 187 Å². The third kappa shape index (κ3) is 3.69. The Morgan fingerprint density at radius 2 is 1.79 bits per heavy atom. The zero-order valence-corrected chi connectivity index (χ0v) is 17.4. The second-order valence-corrected chi connectivity index (χ2v) is 7.55. The number of aromatic nitrogens is 2. The number of nitrogens with zero attached hydrogens (tertiary/aromatic N) is 3. The van der Waals surface area contributed by atoms with E-state index in [1.807, 2.05) is 0 Å². The number of amides is 3. The molecule has 33 heavy (non-hydrogen) atoms. The van der Waals surface area contributed by atoms with Crippen LogP contribution in [-0.2, 0) is 6.54 Å². The lowest BCUT2D eigenvalue weighted by Crippen LogP contribution is -2.28. The van der Waals surface area contributed by atoms with Gasteiger partial charge in [0.25, 0.3) is 17.7 Å². The Bertz CT molecular complexity index is 1390. The Balaban J connectivity index is 1.40. The quantitative estimate of drug-likeness (QED) is 0.470. The predicted octanol–water partition coefficient (Wildman–Crippen LogP) is 3.96. The third-order valence-electron chi connectivity index (χ3n) is 5.27. The van der Waals surface area contributed by atoms with Gasteiger partial charge >= 0.3 is 0 Å². The van der Waals surface area contributed by atoms with Crippen molar-refractivity contribution < 1.29 is 23.2 Å². The van der Waals surface area contributed by atoms with Crippen LogP contribution < -0.4 is 5.32 Å². The van der Waals surface area contributed by atoms with Crippen LogP contribution in [0.15, 0.2) is 71.3 Å². The molecular weight excluding hydrogens is 427 g/mol. The normalized spacial score (nSPS) is 12.8. The number of carbonyl (C=O) groups excluding carboxylic acids is 3. The van der Waals surface area contributed by atoms with Crippen molar-refractivity contribution in [2.75, 3.05) is 5.32 Å². The summed E-state index contributed by atoms with van der Waals surface area (Å²) in [5, 5.41) is 7.12. The van der Waals surface area contributed by atoms with Gasteiger partial charge in [-0.15, -0.1) is 0 Å². The molecule has 1 N–H and O–H groups in total. The number of halogens is 1. The molecule has 0 saturated heterocycles. The number of hydrogen-bond acceptors (Lipinski definition) is 5. The summed E-state index contributed by atoms with van der Waals surface area (Å²) in [4.78, 5) is 39.5. The average molecular weight is 444 g/mol. The highest BCUT2D eigenvalue weighted by molar-refractivity contribution is 6.22. The van der Waals surface area contributed by atoms with Gasteiger partial charge in [-0.25, -0.2) is 9.07 Å². The minimum atomic E-state index is -0.492. The molecule has 0 bridgehead atoms. The third-order valence-corrected chi connectivity index (χ3v) is 5.27. The molecule has 2 aromatic heterocycles. The largest absolute Gasteiger partial charge is 0.467 e.